The summed E-state index contributed by atoms with van der Waals surface area (Å²) >= 11 is 0. The summed E-state index contributed by atoms with van der Waals surface area (Å²) in [7, 11) is 0. The van der Waals surface area contributed by atoms with Gasteiger partial charge in [-0.05, 0) is 48.4 Å². The smallest absolute Gasteiger partial charge is 0.253 e. The molecule has 1 amide bonds. The van der Waals surface area contributed by atoms with Crippen LogP contribution in [0.15, 0.2) is 48.5 Å². The van der Waals surface area contributed by atoms with Crippen molar-refractivity contribution in [2.24, 2.45) is 11.8 Å². The van der Waals surface area contributed by atoms with Gasteiger partial charge in [0.05, 0.1) is 13.2 Å². The van der Waals surface area contributed by atoms with Crippen molar-refractivity contribution in [1.82, 2.24) is 9.80 Å². The minimum Gasteiger partial charge on any atom is -0.379 e. The van der Waals surface area contributed by atoms with Crippen LogP contribution in [0.25, 0.3) is 0 Å². The molecule has 33 heavy (non-hydrogen) atoms. The molecule has 5 nitrogen and oxygen atoms in total. The van der Waals surface area contributed by atoms with Gasteiger partial charge in [-0.2, -0.15) is 0 Å². The maximum Gasteiger partial charge on any atom is 0.253 e. The molecule has 2 aliphatic heterocycles. The van der Waals surface area contributed by atoms with Crippen LogP contribution in [0.2, 0.25) is 0 Å². The number of hydrogen-bond donors (Lipinski definition) is 0. The highest BCUT2D eigenvalue weighted by atomic mass is 16.5. The summed E-state index contributed by atoms with van der Waals surface area (Å²) in [5.74, 6) is 0.889. The van der Waals surface area contributed by atoms with Crippen molar-refractivity contribution in [3.63, 3.8) is 0 Å². The summed E-state index contributed by atoms with van der Waals surface area (Å²) in [6, 6.07) is 16.1. The molecule has 5 heteroatoms. The highest BCUT2D eigenvalue weighted by Crippen LogP contribution is 2.24. The van der Waals surface area contributed by atoms with E-state index in [9.17, 15) is 9.59 Å². The number of likely N-dealkylation sites (tertiary alicyclic amines) is 1. The van der Waals surface area contributed by atoms with Gasteiger partial charge in [-0.1, -0.05) is 50.2 Å². The highest BCUT2D eigenvalue weighted by molar-refractivity contribution is 5.98. The molecule has 0 aromatic heterocycles. The van der Waals surface area contributed by atoms with E-state index in [1.807, 2.05) is 35.2 Å². The molecule has 0 saturated carbocycles. The molecular weight excluding hydrogens is 412 g/mol. The fourth-order valence-electron chi connectivity index (χ4n) is 4.86. The van der Waals surface area contributed by atoms with Crippen molar-refractivity contribution in [2.45, 2.75) is 39.7 Å². The number of Topliss-reactive ketones (excluding diaryl/α,β-unsaturated/α-hetero) is 1. The van der Waals surface area contributed by atoms with E-state index >= 15 is 0 Å². The summed E-state index contributed by atoms with van der Waals surface area (Å²) in [5, 5.41) is 0. The number of amides is 1. The summed E-state index contributed by atoms with van der Waals surface area (Å²) in [6.45, 7) is 9.92. The molecule has 0 spiro atoms. The summed E-state index contributed by atoms with van der Waals surface area (Å²) in [4.78, 5) is 30.4. The SMILES string of the molecule is CC(C)Cc1ccc(C(=O)C2CCN(C(=O)c3cccc(CN4CCOCC4)c3)CC2)cc1. The fourth-order valence-corrected chi connectivity index (χ4v) is 4.86. The predicted molar refractivity (Wildman–Crippen MR) is 130 cm³/mol. The molecule has 0 N–H and O–H groups in total. The second-order valence-electron chi connectivity index (χ2n) is 9.81. The van der Waals surface area contributed by atoms with Gasteiger partial charge < -0.3 is 9.64 Å². The lowest BCUT2D eigenvalue weighted by Crippen LogP contribution is -2.40. The Morgan fingerprint density at radius 2 is 1.61 bits per heavy atom. The van der Waals surface area contributed by atoms with Crippen LogP contribution in [0.5, 0.6) is 0 Å². The normalized spacial score (nSPS) is 18.0. The van der Waals surface area contributed by atoms with Crippen molar-refractivity contribution >= 4 is 11.7 Å². The average Bonchev–Trinajstić information content (AvgIpc) is 2.84. The summed E-state index contributed by atoms with van der Waals surface area (Å²) < 4.78 is 5.42. The van der Waals surface area contributed by atoms with E-state index in [1.54, 1.807) is 0 Å². The lowest BCUT2D eigenvalue weighted by atomic mass is 9.88. The van der Waals surface area contributed by atoms with Crippen LogP contribution in [0.1, 0.15) is 58.5 Å². The van der Waals surface area contributed by atoms with Gasteiger partial charge in [-0.3, -0.25) is 14.5 Å². The summed E-state index contributed by atoms with van der Waals surface area (Å²) in [5.41, 5.74) is 3.97. The van der Waals surface area contributed by atoms with Gasteiger partial charge in [-0.15, -0.1) is 0 Å². The van der Waals surface area contributed by atoms with E-state index in [1.165, 1.54) is 5.56 Å². The third-order valence-electron chi connectivity index (χ3n) is 6.72. The predicted octanol–water partition coefficient (Wildman–Crippen LogP) is 4.45. The standard InChI is InChI=1S/C28H36N2O3/c1-21(2)18-22-6-8-24(9-7-22)27(31)25-10-12-30(13-11-25)28(32)26-5-3-4-23(19-26)20-29-14-16-33-17-15-29/h3-9,19,21,25H,10-18,20H2,1-2H3. The van der Waals surface area contributed by atoms with Gasteiger partial charge >= 0.3 is 0 Å². The van der Waals surface area contributed by atoms with Crippen molar-refractivity contribution in [2.75, 3.05) is 39.4 Å². The Balaban J connectivity index is 1.31. The van der Waals surface area contributed by atoms with Crippen LogP contribution < -0.4 is 0 Å². The van der Waals surface area contributed by atoms with Crippen molar-refractivity contribution in [3.8, 4) is 0 Å². The largest absolute Gasteiger partial charge is 0.379 e. The quantitative estimate of drug-likeness (QED) is 0.587. The van der Waals surface area contributed by atoms with Crippen LogP contribution >= 0.6 is 0 Å². The second-order valence-corrected chi connectivity index (χ2v) is 9.81. The lowest BCUT2D eigenvalue weighted by Gasteiger charge is -2.31. The minimum absolute atomic E-state index is 0.00217. The van der Waals surface area contributed by atoms with Gasteiger partial charge in [0.1, 0.15) is 0 Å². The first kappa shape index (κ1) is 23.7. The molecule has 2 aliphatic rings. The van der Waals surface area contributed by atoms with Crippen LogP contribution in [0, 0.1) is 11.8 Å². The topological polar surface area (TPSA) is 49.9 Å². The molecule has 2 saturated heterocycles. The maximum absolute atomic E-state index is 13.1. The van der Waals surface area contributed by atoms with Gasteiger partial charge in [0.15, 0.2) is 5.78 Å². The number of rotatable bonds is 7. The van der Waals surface area contributed by atoms with E-state index in [-0.39, 0.29) is 17.6 Å². The number of hydrogen-bond acceptors (Lipinski definition) is 4. The molecule has 176 valence electrons. The molecule has 0 bridgehead atoms. The van der Waals surface area contributed by atoms with Crippen LogP contribution in [-0.2, 0) is 17.7 Å². The Labute approximate surface area is 197 Å². The number of piperidine rings is 1. The lowest BCUT2D eigenvalue weighted by molar-refractivity contribution is 0.0341. The second kappa shape index (κ2) is 11.1. The number of benzene rings is 2. The molecule has 2 aromatic carbocycles. The van der Waals surface area contributed by atoms with Crippen molar-refractivity contribution < 1.29 is 14.3 Å². The number of ether oxygens (including phenoxy) is 1. The maximum atomic E-state index is 13.1. The van der Waals surface area contributed by atoms with E-state index < -0.39 is 0 Å². The summed E-state index contributed by atoms with van der Waals surface area (Å²) in [6.07, 6.45) is 2.49. The average molecular weight is 449 g/mol. The van der Waals surface area contributed by atoms with Crippen LogP contribution in [-0.4, -0.2) is 60.9 Å². The molecule has 0 atom stereocenters. The Morgan fingerprint density at radius 1 is 0.909 bits per heavy atom. The number of nitrogens with zero attached hydrogens (tertiary/aromatic N) is 2. The number of ketones is 1. The Morgan fingerprint density at radius 3 is 2.27 bits per heavy atom. The molecule has 2 fully saturated rings. The van der Waals surface area contributed by atoms with Gasteiger partial charge in [0.25, 0.3) is 5.91 Å². The highest BCUT2D eigenvalue weighted by Gasteiger charge is 2.28. The minimum atomic E-state index is -0.00217. The first-order chi connectivity index (χ1) is 16.0. The molecule has 0 radical (unpaired) electrons. The number of morpholine rings is 1. The molecule has 0 unspecified atom stereocenters. The van der Waals surface area contributed by atoms with E-state index in [0.29, 0.717) is 19.0 Å². The molecular formula is C28H36N2O3. The van der Waals surface area contributed by atoms with Gasteiger partial charge in [0, 0.05) is 49.8 Å². The molecule has 0 aliphatic carbocycles. The fraction of sp³-hybridized carbons (Fsp3) is 0.500. The Bertz CT molecular complexity index is 940. The third kappa shape index (κ3) is 6.30. The van der Waals surface area contributed by atoms with Crippen molar-refractivity contribution in [3.05, 3.63) is 70.8 Å². The Kier molecular flexibility index (Phi) is 7.94. The monoisotopic (exact) mass is 448 g/mol. The number of carbonyl (C=O) groups is 2. The first-order valence-corrected chi connectivity index (χ1v) is 12.3. The third-order valence-corrected chi connectivity index (χ3v) is 6.72. The van der Waals surface area contributed by atoms with Gasteiger partial charge in [0.2, 0.25) is 0 Å². The van der Waals surface area contributed by atoms with E-state index in [4.69, 9.17) is 4.74 Å². The molecule has 2 heterocycles. The van der Waals surface area contributed by atoms with Crippen LogP contribution in [0.4, 0.5) is 0 Å². The zero-order valence-electron chi connectivity index (χ0n) is 20.0. The van der Waals surface area contributed by atoms with Crippen LogP contribution in [0.3, 0.4) is 0 Å². The Hall–Kier alpha value is -2.50. The van der Waals surface area contributed by atoms with E-state index in [0.717, 1.165) is 68.8 Å². The molecule has 2 aromatic rings. The van der Waals surface area contributed by atoms with E-state index in [2.05, 4.69) is 36.9 Å². The van der Waals surface area contributed by atoms with Gasteiger partial charge in [-0.25, -0.2) is 0 Å². The molecule has 4 rings (SSSR count). The first-order valence-electron chi connectivity index (χ1n) is 12.3. The zero-order chi connectivity index (χ0) is 23.2. The van der Waals surface area contributed by atoms with Crippen molar-refractivity contribution in [1.29, 1.82) is 0 Å². The zero-order valence-corrected chi connectivity index (χ0v) is 20.0. The number of carbonyl (C=O) groups excluding carboxylic acids is 2.